The van der Waals surface area contributed by atoms with Gasteiger partial charge in [0.2, 0.25) is 11.8 Å². The summed E-state index contributed by atoms with van der Waals surface area (Å²) in [6.07, 6.45) is 3.37. The number of carboxylic acids is 1. The van der Waals surface area contributed by atoms with E-state index < -0.39 is 61.5 Å². The average molecular weight is 878 g/mol. The zero-order valence-electron chi connectivity index (χ0n) is 34.9. The Bertz CT molecular complexity index is 1950. The number of hydrogen-bond donors (Lipinski definition) is 5. The molecular weight excluding hydrogens is 822 g/mol. The summed E-state index contributed by atoms with van der Waals surface area (Å²) in [6.45, 7) is 10.8. The van der Waals surface area contributed by atoms with Crippen LogP contribution in [0.25, 0.3) is 0 Å². The van der Waals surface area contributed by atoms with E-state index in [1.807, 2.05) is 27.7 Å². The number of phosphoric acid groups is 1. The maximum absolute atomic E-state index is 13.7. The standard InChI is InChI=1S/C40H56N5O13PS/c1-8-24(4)17-37(50)44(7)31(23(2)3)21-33(57-26(6)46)39-43-30(22-60-39)38(51)41-28(18-25(5)40(52)53)19-27-12-13-32(58-59(54,55)56)29(20-27)42-34(47)11-9-10-16-45-35(48)14-15-36(45)49/h12-15,20,22-25,28,31,33H,8-11,16-19,21H2,1-7H3,(H,41,51)(H,42,47)(H,52,53)(H2,54,55,56)/t24-,25?,28+,31?,33+/m0/s1. The zero-order chi connectivity index (χ0) is 44.9. The number of nitrogens with zero attached hydrogens (tertiary/aromatic N) is 3. The van der Waals surface area contributed by atoms with Gasteiger partial charge in [-0.25, -0.2) is 9.55 Å². The molecule has 0 spiro atoms. The minimum Gasteiger partial charge on any atom is -0.481 e. The van der Waals surface area contributed by atoms with Crippen LogP contribution in [0, 0.1) is 17.8 Å². The van der Waals surface area contributed by atoms with Gasteiger partial charge in [0.25, 0.3) is 17.7 Å². The van der Waals surface area contributed by atoms with Gasteiger partial charge >= 0.3 is 19.8 Å². The van der Waals surface area contributed by atoms with E-state index in [1.165, 1.54) is 37.4 Å². The van der Waals surface area contributed by atoms with Crippen molar-refractivity contribution in [2.75, 3.05) is 18.9 Å². The van der Waals surface area contributed by atoms with E-state index in [2.05, 4.69) is 15.6 Å². The number of amides is 5. The van der Waals surface area contributed by atoms with Crippen LogP contribution in [0.15, 0.2) is 35.7 Å². The molecule has 0 fully saturated rings. The third kappa shape index (κ3) is 15.6. The molecule has 1 aromatic heterocycles. The maximum atomic E-state index is 13.7. The van der Waals surface area contributed by atoms with E-state index in [4.69, 9.17) is 9.26 Å². The van der Waals surface area contributed by atoms with Crippen LogP contribution in [0.3, 0.4) is 0 Å². The number of imide groups is 1. The number of aromatic nitrogens is 1. The highest BCUT2D eigenvalue weighted by Crippen LogP contribution is 2.41. The number of aliphatic carboxylic acids is 1. The van der Waals surface area contributed by atoms with Gasteiger partial charge in [0.15, 0.2) is 11.9 Å². The molecule has 0 bridgehead atoms. The number of esters is 1. The molecule has 0 saturated heterocycles. The fraction of sp³-hybridized carbons (Fsp3) is 0.550. The first kappa shape index (κ1) is 49.4. The summed E-state index contributed by atoms with van der Waals surface area (Å²) in [7, 11) is -3.35. The van der Waals surface area contributed by atoms with Crippen LogP contribution in [0.2, 0.25) is 0 Å². The largest absolute Gasteiger partial charge is 0.524 e. The van der Waals surface area contributed by atoms with Gasteiger partial charge in [-0.2, -0.15) is 0 Å². The fourth-order valence-electron chi connectivity index (χ4n) is 6.50. The molecule has 20 heteroatoms. The smallest absolute Gasteiger partial charge is 0.481 e. The molecule has 0 saturated carbocycles. The zero-order valence-corrected chi connectivity index (χ0v) is 36.6. The Kier molecular flexibility index (Phi) is 18.6. The van der Waals surface area contributed by atoms with Crippen LogP contribution in [0.5, 0.6) is 5.75 Å². The minimum absolute atomic E-state index is 0.00843. The minimum atomic E-state index is -5.08. The molecule has 2 aromatic rings. The van der Waals surface area contributed by atoms with E-state index in [-0.39, 0.29) is 79.6 Å². The summed E-state index contributed by atoms with van der Waals surface area (Å²) in [5, 5.41) is 16.9. The van der Waals surface area contributed by atoms with Crippen molar-refractivity contribution >= 4 is 66.3 Å². The number of unbranched alkanes of at least 4 members (excludes halogenated alkanes) is 1. The quantitative estimate of drug-likeness (QED) is 0.0402. The van der Waals surface area contributed by atoms with Gasteiger partial charge < -0.3 is 29.9 Å². The SMILES string of the molecule is CC[C@H](C)CC(=O)N(C)C(C[C@@H](OC(C)=O)c1nc(C(=O)N[C@@H](Cc2ccc(OP(=O)(O)O)c(NC(=O)CCCCN3C(=O)C=CC3=O)c2)CC(C)C(=O)O)cs1)C(C)C. The van der Waals surface area contributed by atoms with Gasteiger partial charge in [0, 0.05) is 69.4 Å². The van der Waals surface area contributed by atoms with Crippen molar-refractivity contribution in [3.63, 3.8) is 0 Å². The highest BCUT2D eigenvalue weighted by atomic mass is 32.1. The molecule has 330 valence electrons. The van der Waals surface area contributed by atoms with Crippen molar-refractivity contribution in [2.24, 2.45) is 17.8 Å². The molecular formula is C40H56N5O13PS. The maximum Gasteiger partial charge on any atom is 0.524 e. The van der Waals surface area contributed by atoms with Crippen LogP contribution in [0.4, 0.5) is 5.69 Å². The van der Waals surface area contributed by atoms with Crippen molar-refractivity contribution < 1.29 is 62.3 Å². The van der Waals surface area contributed by atoms with Gasteiger partial charge in [-0.1, -0.05) is 47.1 Å². The number of thiazole rings is 1. The lowest BCUT2D eigenvalue weighted by atomic mass is 9.95. The molecule has 0 aliphatic carbocycles. The van der Waals surface area contributed by atoms with Gasteiger partial charge in [0.05, 0.1) is 11.6 Å². The highest BCUT2D eigenvalue weighted by molar-refractivity contribution is 7.46. The molecule has 1 aromatic carbocycles. The van der Waals surface area contributed by atoms with Crippen LogP contribution in [-0.4, -0.2) is 96.8 Å². The number of rotatable bonds is 24. The summed E-state index contributed by atoms with van der Waals surface area (Å²) < 4.78 is 22.2. The normalized spacial score (nSPS) is 15.3. The van der Waals surface area contributed by atoms with Gasteiger partial charge in [-0.05, 0) is 55.2 Å². The Balaban J connectivity index is 1.82. The lowest BCUT2D eigenvalue weighted by molar-refractivity contribution is -0.148. The van der Waals surface area contributed by atoms with Crippen LogP contribution in [0.1, 0.15) is 114 Å². The first-order chi connectivity index (χ1) is 28.1. The topological polar surface area (TPSA) is 259 Å². The Morgan fingerprint density at radius 3 is 2.27 bits per heavy atom. The van der Waals surface area contributed by atoms with Gasteiger partial charge in [-0.3, -0.25) is 48.2 Å². The second kappa shape index (κ2) is 22.6. The fourth-order valence-corrected chi connectivity index (χ4v) is 7.76. The number of ether oxygens (including phenoxy) is 1. The molecule has 0 radical (unpaired) electrons. The van der Waals surface area contributed by atoms with E-state index >= 15 is 0 Å². The summed E-state index contributed by atoms with van der Waals surface area (Å²) in [4.78, 5) is 114. The Labute approximate surface area is 353 Å². The van der Waals surface area contributed by atoms with E-state index in [0.29, 0.717) is 23.4 Å². The number of carboxylic acid groups (broad SMARTS) is 1. The van der Waals surface area contributed by atoms with E-state index in [9.17, 15) is 53.0 Å². The molecule has 18 nitrogen and oxygen atoms in total. The lowest BCUT2D eigenvalue weighted by Gasteiger charge is -2.34. The van der Waals surface area contributed by atoms with Crippen LogP contribution < -0.4 is 15.2 Å². The van der Waals surface area contributed by atoms with Crippen LogP contribution >= 0.6 is 19.2 Å². The molecule has 5 amide bonds. The molecule has 1 aliphatic rings. The number of benzene rings is 1. The van der Waals surface area contributed by atoms with E-state index in [1.54, 1.807) is 11.9 Å². The molecule has 5 N–H and O–H groups in total. The number of carbonyl (C=O) groups excluding carboxylic acids is 6. The summed E-state index contributed by atoms with van der Waals surface area (Å²) >= 11 is 1.09. The Morgan fingerprint density at radius 2 is 1.68 bits per heavy atom. The van der Waals surface area contributed by atoms with Crippen molar-refractivity contribution in [1.82, 2.24) is 20.1 Å². The summed E-state index contributed by atoms with van der Waals surface area (Å²) in [6, 6.07) is 2.92. The number of nitrogens with one attached hydrogen (secondary N) is 2. The molecule has 2 heterocycles. The Hall–Kier alpha value is -4.97. The predicted octanol–water partition coefficient (Wildman–Crippen LogP) is 5.01. The molecule has 5 atom stereocenters. The van der Waals surface area contributed by atoms with Crippen molar-refractivity contribution in [3.05, 3.63) is 52.0 Å². The van der Waals surface area contributed by atoms with Crippen molar-refractivity contribution in [3.8, 4) is 5.75 Å². The first-order valence-corrected chi connectivity index (χ1v) is 22.1. The number of phosphoric ester groups is 1. The van der Waals surface area contributed by atoms with Gasteiger partial charge in [-0.15, -0.1) is 11.3 Å². The number of anilines is 1. The van der Waals surface area contributed by atoms with Crippen molar-refractivity contribution in [1.29, 1.82) is 0 Å². The number of carbonyl (C=O) groups is 7. The third-order valence-corrected chi connectivity index (χ3v) is 11.4. The predicted molar refractivity (Wildman–Crippen MR) is 221 cm³/mol. The summed E-state index contributed by atoms with van der Waals surface area (Å²) in [5.41, 5.74) is 0.319. The second-order valence-electron chi connectivity index (χ2n) is 15.4. The summed E-state index contributed by atoms with van der Waals surface area (Å²) in [5.74, 6) is -4.90. The average Bonchev–Trinajstić information content (AvgIpc) is 3.78. The van der Waals surface area contributed by atoms with E-state index in [0.717, 1.165) is 34.8 Å². The molecule has 1 aliphatic heterocycles. The molecule has 3 rings (SSSR count). The first-order valence-electron chi connectivity index (χ1n) is 19.7. The second-order valence-corrected chi connectivity index (χ2v) is 17.4. The monoisotopic (exact) mass is 877 g/mol. The third-order valence-electron chi connectivity index (χ3n) is 10.0. The molecule has 2 unspecified atom stereocenters. The van der Waals surface area contributed by atoms with Gasteiger partial charge in [0.1, 0.15) is 10.7 Å². The highest BCUT2D eigenvalue weighted by Gasteiger charge is 2.32. The van der Waals surface area contributed by atoms with Crippen LogP contribution in [-0.2, 0) is 44.5 Å². The molecule has 60 heavy (non-hydrogen) atoms. The lowest BCUT2D eigenvalue weighted by Crippen LogP contribution is -2.42. The van der Waals surface area contributed by atoms with Crippen molar-refractivity contribution in [2.45, 2.75) is 111 Å². The number of hydrogen-bond acceptors (Lipinski definition) is 12. The Morgan fingerprint density at radius 1 is 1.02 bits per heavy atom.